The van der Waals surface area contributed by atoms with E-state index in [1.807, 2.05) is 0 Å². The Labute approximate surface area is 125 Å². The summed E-state index contributed by atoms with van der Waals surface area (Å²) in [5.41, 5.74) is 6.30. The van der Waals surface area contributed by atoms with Crippen molar-refractivity contribution in [1.82, 2.24) is 4.90 Å². The molecule has 0 aliphatic carbocycles. The van der Waals surface area contributed by atoms with E-state index in [0.29, 0.717) is 23.0 Å². The van der Waals surface area contributed by atoms with E-state index in [2.05, 4.69) is 4.90 Å². The number of likely N-dealkylation sites (tertiary alicyclic amines) is 1. The summed E-state index contributed by atoms with van der Waals surface area (Å²) in [4.78, 5) is 2.30. The van der Waals surface area contributed by atoms with Gasteiger partial charge >= 0.3 is 0 Å². The third-order valence-electron chi connectivity index (χ3n) is 3.58. The highest BCUT2D eigenvalue weighted by molar-refractivity contribution is 6.30. The summed E-state index contributed by atoms with van der Waals surface area (Å²) in [6, 6.07) is 4.76. The minimum Gasteiger partial charge on any atom is -0.330 e. The van der Waals surface area contributed by atoms with E-state index < -0.39 is 0 Å². The van der Waals surface area contributed by atoms with Crippen molar-refractivity contribution in [3.8, 4) is 0 Å². The first-order chi connectivity index (χ1) is 8.69. The number of piperidine rings is 1. The molecule has 5 heteroatoms. The molecule has 1 aromatic carbocycles. The quantitative estimate of drug-likeness (QED) is 0.923. The number of rotatable bonds is 4. The maximum atomic E-state index is 13.7. The second kappa shape index (κ2) is 8.05. The van der Waals surface area contributed by atoms with Crippen molar-refractivity contribution in [2.24, 2.45) is 11.7 Å². The highest BCUT2D eigenvalue weighted by Crippen LogP contribution is 2.22. The zero-order valence-corrected chi connectivity index (χ0v) is 12.5. The lowest BCUT2D eigenvalue weighted by Gasteiger charge is -2.32. The fraction of sp³-hybridized carbons (Fsp3) is 0.571. The van der Waals surface area contributed by atoms with Gasteiger partial charge in [-0.25, -0.2) is 4.39 Å². The summed E-state index contributed by atoms with van der Waals surface area (Å²) >= 11 is 5.91. The second-order valence-corrected chi connectivity index (χ2v) is 5.49. The van der Waals surface area contributed by atoms with Crippen molar-refractivity contribution in [2.75, 3.05) is 19.6 Å². The Kier molecular flexibility index (Phi) is 7.08. The molecule has 0 amide bonds. The molecule has 2 N–H and O–H groups in total. The first-order valence-corrected chi connectivity index (χ1v) is 6.93. The average molecular weight is 307 g/mol. The van der Waals surface area contributed by atoms with Crippen LogP contribution in [0, 0.1) is 11.7 Å². The second-order valence-electron chi connectivity index (χ2n) is 5.06. The van der Waals surface area contributed by atoms with Gasteiger partial charge in [-0.15, -0.1) is 12.4 Å². The van der Waals surface area contributed by atoms with Gasteiger partial charge < -0.3 is 5.73 Å². The van der Waals surface area contributed by atoms with Crippen LogP contribution in [0.15, 0.2) is 18.2 Å². The standard InChI is InChI=1S/C14H20ClFN2.ClH/c15-13-3-4-14(16)12(8-13)10-18-7-1-2-11(9-18)5-6-17;/h3-4,8,11H,1-2,5-7,9-10,17H2;1H. The van der Waals surface area contributed by atoms with E-state index >= 15 is 0 Å². The average Bonchev–Trinajstić information content (AvgIpc) is 2.35. The minimum atomic E-state index is -0.166. The van der Waals surface area contributed by atoms with Crippen LogP contribution >= 0.6 is 24.0 Å². The Morgan fingerprint density at radius 1 is 1.42 bits per heavy atom. The molecule has 1 heterocycles. The van der Waals surface area contributed by atoms with Gasteiger partial charge in [0.1, 0.15) is 5.82 Å². The minimum absolute atomic E-state index is 0. The lowest BCUT2D eigenvalue weighted by Crippen LogP contribution is -2.35. The zero-order valence-electron chi connectivity index (χ0n) is 10.9. The van der Waals surface area contributed by atoms with Crippen LogP contribution in [0.1, 0.15) is 24.8 Å². The van der Waals surface area contributed by atoms with Crippen LogP contribution in [0.2, 0.25) is 5.02 Å². The highest BCUT2D eigenvalue weighted by atomic mass is 35.5. The lowest BCUT2D eigenvalue weighted by atomic mass is 9.94. The number of hydrogen-bond donors (Lipinski definition) is 1. The van der Waals surface area contributed by atoms with Gasteiger partial charge in [0.15, 0.2) is 0 Å². The Morgan fingerprint density at radius 2 is 2.21 bits per heavy atom. The van der Waals surface area contributed by atoms with Gasteiger partial charge in [0, 0.05) is 23.7 Å². The van der Waals surface area contributed by atoms with Crippen LogP contribution in [0.4, 0.5) is 4.39 Å². The molecule has 1 fully saturated rings. The number of halogens is 3. The van der Waals surface area contributed by atoms with E-state index in [1.165, 1.54) is 18.9 Å². The molecule has 2 rings (SSSR count). The fourth-order valence-corrected chi connectivity index (χ4v) is 2.87. The molecule has 108 valence electrons. The van der Waals surface area contributed by atoms with E-state index in [0.717, 1.165) is 26.1 Å². The predicted molar refractivity (Wildman–Crippen MR) is 80.3 cm³/mol. The molecule has 0 aromatic heterocycles. The Morgan fingerprint density at radius 3 is 2.95 bits per heavy atom. The monoisotopic (exact) mass is 306 g/mol. The van der Waals surface area contributed by atoms with E-state index in [1.54, 1.807) is 12.1 Å². The summed E-state index contributed by atoms with van der Waals surface area (Å²) in [6.07, 6.45) is 3.48. The van der Waals surface area contributed by atoms with Crippen LogP contribution in [0.3, 0.4) is 0 Å². The SMILES string of the molecule is Cl.NCCC1CCCN(Cc2cc(Cl)ccc2F)C1. The number of hydrogen-bond acceptors (Lipinski definition) is 2. The van der Waals surface area contributed by atoms with Crippen LogP contribution in [-0.4, -0.2) is 24.5 Å². The molecule has 1 aromatic rings. The van der Waals surface area contributed by atoms with Crippen molar-refractivity contribution in [2.45, 2.75) is 25.8 Å². The summed E-state index contributed by atoms with van der Waals surface area (Å²) in [7, 11) is 0. The normalized spacial score (nSPS) is 20.1. The molecule has 1 aliphatic heterocycles. The largest absolute Gasteiger partial charge is 0.330 e. The summed E-state index contributed by atoms with van der Waals surface area (Å²) in [5.74, 6) is 0.492. The first-order valence-electron chi connectivity index (χ1n) is 6.55. The van der Waals surface area contributed by atoms with E-state index in [4.69, 9.17) is 17.3 Å². The first kappa shape index (κ1) is 16.7. The smallest absolute Gasteiger partial charge is 0.127 e. The lowest BCUT2D eigenvalue weighted by molar-refractivity contribution is 0.161. The molecule has 1 saturated heterocycles. The number of nitrogens with zero attached hydrogens (tertiary/aromatic N) is 1. The molecule has 0 radical (unpaired) electrons. The Bertz CT molecular complexity index is 399. The van der Waals surface area contributed by atoms with Crippen LogP contribution in [0.25, 0.3) is 0 Å². The summed E-state index contributed by atoms with van der Waals surface area (Å²) < 4.78 is 13.7. The molecular formula is C14H21Cl2FN2. The van der Waals surface area contributed by atoms with Gasteiger partial charge in [0.05, 0.1) is 0 Å². The van der Waals surface area contributed by atoms with Crippen LogP contribution in [0.5, 0.6) is 0 Å². The maximum absolute atomic E-state index is 13.7. The van der Waals surface area contributed by atoms with Crippen molar-refractivity contribution < 1.29 is 4.39 Å². The molecule has 2 nitrogen and oxygen atoms in total. The van der Waals surface area contributed by atoms with Gasteiger partial charge in [-0.1, -0.05) is 11.6 Å². The van der Waals surface area contributed by atoms with Crippen molar-refractivity contribution in [3.63, 3.8) is 0 Å². The Balaban J connectivity index is 0.00000180. The van der Waals surface area contributed by atoms with E-state index in [9.17, 15) is 4.39 Å². The van der Waals surface area contributed by atoms with Gasteiger partial charge in [-0.3, -0.25) is 4.90 Å². The summed E-state index contributed by atoms with van der Waals surface area (Å²) in [5, 5.41) is 0.599. The zero-order chi connectivity index (χ0) is 13.0. The maximum Gasteiger partial charge on any atom is 0.127 e. The topological polar surface area (TPSA) is 29.3 Å². The Hall–Kier alpha value is -0.350. The predicted octanol–water partition coefficient (Wildman–Crippen LogP) is 3.46. The molecule has 0 spiro atoms. The summed E-state index contributed by atoms with van der Waals surface area (Å²) in [6.45, 7) is 3.44. The fourth-order valence-electron chi connectivity index (χ4n) is 2.67. The van der Waals surface area contributed by atoms with Gasteiger partial charge in [-0.05, 0) is 56.5 Å². The van der Waals surface area contributed by atoms with Crippen molar-refractivity contribution in [3.05, 3.63) is 34.6 Å². The molecule has 1 unspecified atom stereocenters. The molecule has 0 bridgehead atoms. The van der Waals surface area contributed by atoms with Crippen molar-refractivity contribution in [1.29, 1.82) is 0 Å². The number of nitrogens with two attached hydrogens (primary N) is 1. The van der Waals surface area contributed by atoms with Crippen LogP contribution in [-0.2, 0) is 6.54 Å². The van der Waals surface area contributed by atoms with Crippen LogP contribution < -0.4 is 5.73 Å². The highest BCUT2D eigenvalue weighted by Gasteiger charge is 2.20. The van der Waals surface area contributed by atoms with Gasteiger partial charge in [0.25, 0.3) is 0 Å². The van der Waals surface area contributed by atoms with E-state index in [-0.39, 0.29) is 18.2 Å². The third-order valence-corrected chi connectivity index (χ3v) is 3.81. The van der Waals surface area contributed by atoms with Gasteiger partial charge in [-0.2, -0.15) is 0 Å². The number of benzene rings is 1. The molecule has 0 saturated carbocycles. The third kappa shape index (κ3) is 4.92. The molecule has 19 heavy (non-hydrogen) atoms. The molecular weight excluding hydrogens is 286 g/mol. The van der Waals surface area contributed by atoms with Gasteiger partial charge in [0.2, 0.25) is 0 Å². The molecule has 1 aliphatic rings. The molecule has 1 atom stereocenters. The van der Waals surface area contributed by atoms with Crippen molar-refractivity contribution >= 4 is 24.0 Å².